The fourth-order valence-electron chi connectivity index (χ4n) is 3.73. The maximum Gasteiger partial charge on any atom is 0.283 e. The van der Waals surface area contributed by atoms with E-state index in [0.29, 0.717) is 27.6 Å². The van der Waals surface area contributed by atoms with Crippen LogP contribution in [0.15, 0.2) is 123 Å². The molecule has 0 fully saturated rings. The van der Waals surface area contributed by atoms with Crippen molar-refractivity contribution in [3.63, 3.8) is 0 Å². The Bertz CT molecular complexity index is 1540. The van der Waals surface area contributed by atoms with Crippen LogP contribution in [0.2, 0.25) is 5.02 Å². The summed E-state index contributed by atoms with van der Waals surface area (Å²) < 4.78 is 0.898. The molecule has 2 N–H and O–H groups in total. The molecule has 3 amide bonds. The van der Waals surface area contributed by atoms with Crippen molar-refractivity contribution in [2.75, 3.05) is 15.5 Å². The van der Waals surface area contributed by atoms with Crippen molar-refractivity contribution >= 4 is 74.1 Å². The molecule has 0 unspecified atom stereocenters. The standard InChI is InChI=1S/C29H19BrClN3O3S/c30-19-8-12-21(13-9-19)32-25-26(29(37)34(28(25)36)23-4-2-1-3-5-23)38-24-16-14-22(15-17-24)33-27(35)18-6-10-20(31)11-7-18/h1-17,32H,(H,33,35). The number of thioether (sulfide) groups is 1. The molecule has 4 aromatic rings. The first-order valence-electron chi connectivity index (χ1n) is 11.4. The summed E-state index contributed by atoms with van der Waals surface area (Å²) >= 11 is 10.5. The molecule has 6 nitrogen and oxygen atoms in total. The molecular formula is C29H19BrClN3O3S. The Balaban J connectivity index is 1.39. The van der Waals surface area contributed by atoms with Crippen molar-refractivity contribution in [3.05, 3.63) is 129 Å². The first-order chi connectivity index (χ1) is 18.4. The fraction of sp³-hybridized carbons (Fsp3) is 0. The predicted octanol–water partition coefficient (Wildman–Crippen LogP) is 7.34. The predicted molar refractivity (Wildman–Crippen MR) is 155 cm³/mol. The molecule has 188 valence electrons. The zero-order chi connectivity index (χ0) is 26.6. The molecule has 0 bridgehead atoms. The van der Waals surface area contributed by atoms with Gasteiger partial charge in [-0.2, -0.15) is 0 Å². The zero-order valence-corrected chi connectivity index (χ0v) is 22.8. The Morgan fingerprint density at radius 1 is 0.763 bits per heavy atom. The first kappa shape index (κ1) is 25.8. The molecule has 0 atom stereocenters. The minimum Gasteiger partial charge on any atom is -0.350 e. The molecule has 9 heteroatoms. The lowest BCUT2D eigenvalue weighted by Crippen LogP contribution is -2.32. The van der Waals surface area contributed by atoms with Crippen LogP contribution in [0.25, 0.3) is 0 Å². The Morgan fingerprint density at radius 3 is 2.05 bits per heavy atom. The van der Waals surface area contributed by atoms with Crippen LogP contribution in [0.4, 0.5) is 17.1 Å². The van der Waals surface area contributed by atoms with Gasteiger partial charge in [-0.25, -0.2) is 4.90 Å². The van der Waals surface area contributed by atoms with Crippen molar-refractivity contribution in [3.8, 4) is 0 Å². The fourth-order valence-corrected chi connectivity index (χ4v) is 5.05. The van der Waals surface area contributed by atoms with Crippen LogP contribution in [0, 0.1) is 0 Å². The topological polar surface area (TPSA) is 78.5 Å². The highest BCUT2D eigenvalue weighted by Gasteiger charge is 2.40. The molecule has 0 saturated heterocycles. The van der Waals surface area contributed by atoms with Crippen LogP contribution in [-0.2, 0) is 9.59 Å². The summed E-state index contributed by atoms with van der Waals surface area (Å²) in [5, 5.41) is 6.53. The van der Waals surface area contributed by atoms with Crippen LogP contribution < -0.4 is 15.5 Å². The SMILES string of the molecule is O=C(Nc1ccc(SC2=C(Nc3ccc(Br)cc3)C(=O)N(c3ccccc3)C2=O)cc1)c1ccc(Cl)cc1. The lowest BCUT2D eigenvalue weighted by Gasteiger charge is -2.15. The third kappa shape index (κ3) is 5.67. The molecule has 0 aromatic heterocycles. The van der Waals surface area contributed by atoms with Gasteiger partial charge in [0.1, 0.15) is 10.6 Å². The van der Waals surface area contributed by atoms with E-state index in [9.17, 15) is 14.4 Å². The summed E-state index contributed by atoms with van der Waals surface area (Å²) in [5.41, 5.74) is 2.45. The zero-order valence-electron chi connectivity index (χ0n) is 19.7. The van der Waals surface area contributed by atoms with Crippen molar-refractivity contribution in [1.82, 2.24) is 0 Å². The Hall–Kier alpha value is -3.85. The summed E-state index contributed by atoms with van der Waals surface area (Å²) in [6.07, 6.45) is 0. The van der Waals surface area contributed by atoms with Crippen molar-refractivity contribution in [2.45, 2.75) is 4.90 Å². The molecule has 5 rings (SSSR count). The number of rotatable bonds is 7. The van der Waals surface area contributed by atoms with Gasteiger partial charge in [0.05, 0.1) is 5.69 Å². The maximum absolute atomic E-state index is 13.5. The monoisotopic (exact) mass is 603 g/mol. The van der Waals surface area contributed by atoms with Gasteiger partial charge in [-0.15, -0.1) is 0 Å². The highest BCUT2D eigenvalue weighted by molar-refractivity contribution is 9.10. The van der Waals surface area contributed by atoms with Crippen LogP contribution in [0.1, 0.15) is 10.4 Å². The molecule has 0 radical (unpaired) electrons. The van der Waals surface area contributed by atoms with E-state index in [4.69, 9.17) is 11.6 Å². The van der Waals surface area contributed by atoms with Crippen molar-refractivity contribution in [2.24, 2.45) is 0 Å². The van der Waals surface area contributed by atoms with E-state index < -0.39 is 11.8 Å². The number of carbonyl (C=O) groups is 3. The molecule has 0 spiro atoms. The minimum atomic E-state index is -0.432. The van der Waals surface area contributed by atoms with E-state index in [1.807, 2.05) is 30.3 Å². The average Bonchev–Trinajstić information content (AvgIpc) is 3.15. The summed E-state index contributed by atoms with van der Waals surface area (Å²) in [5.74, 6) is -1.11. The Labute approximate surface area is 236 Å². The number of hydrogen-bond donors (Lipinski definition) is 2. The summed E-state index contributed by atoms with van der Waals surface area (Å²) in [7, 11) is 0. The van der Waals surface area contributed by atoms with Gasteiger partial charge in [-0.3, -0.25) is 14.4 Å². The number of anilines is 3. The van der Waals surface area contributed by atoms with Crippen molar-refractivity contribution in [1.29, 1.82) is 0 Å². The largest absolute Gasteiger partial charge is 0.350 e. The molecule has 1 aliphatic heterocycles. The van der Waals surface area contributed by atoms with E-state index in [1.165, 1.54) is 16.7 Å². The number of nitrogens with zero attached hydrogens (tertiary/aromatic N) is 1. The van der Waals surface area contributed by atoms with Crippen LogP contribution in [0.3, 0.4) is 0 Å². The highest BCUT2D eigenvalue weighted by atomic mass is 79.9. The third-order valence-corrected chi connectivity index (χ3v) is 7.48. The molecule has 0 saturated carbocycles. The molecule has 1 aliphatic rings. The smallest absolute Gasteiger partial charge is 0.283 e. The van der Waals surface area contributed by atoms with E-state index in [2.05, 4.69) is 26.6 Å². The number of benzene rings is 4. The van der Waals surface area contributed by atoms with E-state index in [-0.39, 0.29) is 16.5 Å². The lowest BCUT2D eigenvalue weighted by molar-refractivity contribution is -0.120. The van der Waals surface area contributed by atoms with Gasteiger partial charge in [0.2, 0.25) is 0 Å². The first-order valence-corrected chi connectivity index (χ1v) is 13.4. The highest BCUT2D eigenvalue weighted by Crippen LogP contribution is 2.38. The number of hydrogen-bond acceptors (Lipinski definition) is 5. The van der Waals surface area contributed by atoms with Crippen molar-refractivity contribution < 1.29 is 14.4 Å². The minimum absolute atomic E-state index is 0.200. The average molecular weight is 605 g/mol. The maximum atomic E-state index is 13.5. The number of halogens is 2. The van der Waals surface area contributed by atoms with E-state index >= 15 is 0 Å². The second-order valence-electron chi connectivity index (χ2n) is 8.20. The van der Waals surface area contributed by atoms with Gasteiger partial charge in [0, 0.05) is 31.3 Å². The molecule has 1 heterocycles. The van der Waals surface area contributed by atoms with Gasteiger partial charge >= 0.3 is 0 Å². The van der Waals surface area contributed by atoms with Gasteiger partial charge in [0.15, 0.2) is 0 Å². The Morgan fingerprint density at radius 2 is 1.39 bits per heavy atom. The lowest BCUT2D eigenvalue weighted by atomic mass is 10.2. The summed E-state index contributed by atoms with van der Waals surface area (Å²) in [4.78, 5) is 41.6. The molecule has 0 aliphatic carbocycles. The van der Waals surface area contributed by atoms with Gasteiger partial charge in [-0.1, -0.05) is 57.5 Å². The van der Waals surface area contributed by atoms with E-state index in [0.717, 1.165) is 9.37 Å². The summed E-state index contributed by atoms with van der Waals surface area (Å²) in [6, 6.07) is 29.8. The normalized spacial score (nSPS) is 13.2. The molecule has 4 aromatic carbocycles. The number of amides is 3. The number of carbonyl (C=O) groups excluding carboxylic acids is 3. The van der Waals surface area contributed by atoms with Gasteiger partial charge in [-0.05, 0) is 84.9 Å². The van der Waals surface area contributed by atoms with E-state index in [1.54, 1.807) is 72.8 Å². The number of nitrogens with one attached hydrogen (secondary N) is 2. The van der Waals surface area contributed by atoms with Crippen LogP contribution >= 0.6 is 39.3 Å². The third-order valence-electron chi connectivity index (χ3n) is 5.61. The summed E-state index contributed by atoms with van der Waals surface area (Å²) in [6.45, 7) is 0. The van der Waals surface area contributed by atoms with Crippen LogP contribution in [0.5, 0.6) is 0 Å². The van der Waals surface area contributed by atoms with Gasteiger partial charge in [0.25, 0.3) is 17.7 Å². The quantitative estimate of drug-likeness (QED) is 0.216. The Kier molecular flexibility index (Phi) is 7.64. The number of para-hydroxylation sites is 1. The second-order valence-corrected chi connectivity index (χ2v) is 10.6. The van der Waals surface area contributed by atoms with Crippen LogP contribution in [-0.4, -0.2) is 17.7 Å². The molecular weight excluding hydrogens is 586 g/mol. The van der Waals surface area contributed by atoms with Gasteiger partial charge < -0.3 is 10.6 Å². The molecule has 38 heavy (non-hydrogen) atoms. The number of imide groups is 1. The second kappa shape index (κ2) is 11.3.